The van der Waals surface area contributed by atoms with Crippen LogP contribution in [0.15, 0.2) is 36.4 Å². The SMILES string of the molecule is O=S(=O)(NCc1ccc2ccccc2n1)N1CCCC1. The highest BCUT2D eigenvalue weighted by Crippen LogP contribution is 2.13. The van der Waals surface area contributed by atoms with Crippen molar-refractivity contribution in [2.45, 2.75) is 19.4 Å². The number of para-hydroxylation sites is 1. The van der Waals surface area contributed by atoms with Crippen molar-refractivity contribution in [1.29, 1.82) is 0 Å². The second-order valence-corrected chi connectivity index (χ2v) is 6.68. The van der Waals surface area contributed by atoms with E-state index in [-0.39, 0.29) is 6.54 Å². The summed E-state index contributed by atoms with van der Waals surface area (Å²) in [5, 5.41) is 1.05. The van der Waals surface area contributed by atoms with Crippen molar-refractivity contribution < 1.29 is 8.42 Å². The van der Waals surface area contributed by atoms with Crippen LogP contribution < -0.4 is 4.72 Å². The molecule has 1 saturated heterocycles. The molecule has 106 valence electrons. The fourth-order valence-electron chi connectivity index (χ4n) is 2.39. The Morgan fingerprint density at radius 1 is 1.10 bits per heavy atom. The van der Waals surface area contributed by atoms with E-state index < -0.39 is 10.2 Å². The van der Waals surface area contributed by atoms with Gasteiger partial charge in [0.2, 0.25) is 0 Å². The molecule has 0 aliphatic carbocycles. The van der Waals surface area contributed by atoms with Gasteiger partial charge < -0.3 is 0 Å². The lowest BCUT2D eigenvalue weighted by Gasteiger charge is -2.15. The van der Waals surface area contributed by atoms with Gasteiger partial charge in [-0.25, -0.2) is 0 Å². The van der Waals surface area contributed by atoms with E-state index >= 15 is 0 Å². The second-order valence-electron chi connectivity index (χ2n) is 4.93. The molecule has 5 nitrogen and oxygen atoms in total. The molecule has 1 aliphatic heterocycles. The van der Waals surface area contributed by atoms with Crippen LogP contribution in [0.1, 0.15) is 18.5 Å². The molecule has 0 spiro atoms. The molecule has 1 aliphatic rings. The topological polar surface area (TPSA) is 62.3 Å². The molecule has 2 aromatic rings. The standard InChI is InChI=1S/C14H17N3O2S/c18-20(19,17-9-3-4-10-17)15-11-13-8-7-12-5-1-2-6-14(12)16-13/h1-2,5-8,15H,3-4,9-11H2. The lowest BCUT2D eigenvalue weighted by atomic mass is 10.2. The van der Waals surface area contributed by atoms with Crippen LogP contribution >= 0.6 is 0 Å². The highest BCUT2D eigenvalue weighted by Gasteiger charge is 2.24. The van der Waals surface area contributed by atoms with E-state index in [0.29, 0.717) is 13.1 Å². The first-order chi connectivity index (χ1) is 9.65. The molecule has 0 unspecified atom stereocenters. The summed E-state index contributed by atoms with van der Waals surface area (Å²) in [6, 6.07) is 11.6. The number of aromatic nitrogens is 1. The van der Waals surface area contributed by atoms with Gasteiger partial charge >= 0.3 is 0 Å². The van der Waals surface area contributed by atoms with Crippen molar-refractivity contribution in [2.24, 2.45) is 0 Å². The number of fused-ring (bicyclic) bond motifs is 1. The Kier molecular flexibility index (Phi) is 3.69. The molecule has 0 radical (unpaired) electrons. The first-order valence-electron chi connectivity index (χ1n) is 6.74. The maximum absolute atomic E-state index is 12.1. The van der Waals surface area contributed by atoms with E-state index in [9.17, 15) is 8.42 Å². The predicted octanol–water partition coefficient (Wildman–Crippen LogP) is 1.67. The largest absolute Gasteiger partial charge is 0.279 e. The van der Waals surface area contributed by atoms with Crippen LogP contribution in [0.3, 0.4) is 0 Å². The Bertz CT molecular complexity index is 709. The zero-order valence-electron chi connectivity index (χ0n) is 11.1. The molecule has 1 fully saturated rings. The highest BCUT2D eigenvalue weighted by atomic mass is 32.2. The summed E-state index contributed by atoms with van der Waals surface area (Å²) < 4.78 is 28.2. The molecule has 0 saturated carbocycles. The molecule has 3 rings (SSSR count). The molecule has 0 amide bonds. The van der Waals surface area contributed by atoms with E-state index in [1.54, 1.807) is 0 Å². The number of rotatable bonds is 4. The zero-order chi connectivity index (χ0) is 14.0. The molecular formula is C14H17N3O2S. The normalized spacial score (nSPS) is 16.8. The summed E-state index contributed by atoms with van der Waals surface area (Å²) >= 11 is 0. The molecule has 1 aromatic heterocycles. The van der Waals surface area contributed by atoms with Crippen LogP contribution in [0.2, 0.25) is 0 Å². The summed E-state index contributed by atoms with van der Waals surface area (Å²) in [7, 11) is -3.37. The van der Waals surface area contributed by atoms with Gasteiger partial charge in [0.25, 0.3) is 10.2 Å². The molecule has 0 bridgehead atoms. The maximum Gasteiger partial charge on any atom is 0.279 e. The third-order valence-electron chi connectivity index (χ3n) is 3.50. The van der Waals surface area contributed by atoms with Gasteiger partial charge in [-0.1, -0.05) is 24.3 Å². The van der Waals surface area contributed by atoms with Crippen LogP contribution in [0, 0.1) is 0 Å². The Labute approximate surface area is 118 Å². The minimum atomic E-state index is -3.37. The summed E-state index contributed by atoms with van der Waals surface area (Å²) in [5.74, 6) is 0. The summed E-state index contributed by atoms with van der Waals surface area (Å²) in [6.45, 7) is 1.45. The lowest BCUT2D eigenvalue weighted by molar-refractivity contribution is 0.464. The van der Waals surface area contributed by atoms with Crippen molar-refractivity contribution >= 4 is 21.1 Å². The fraction of sp³-hybridized carbons (Fsp3) is 0.357. The van der Waals surface area contributed by atoms with Gasteiger partial charge in [-0.2, -0.15) is 17.4 Å². The number of nitrogens with zero attached hydrogens (tertiary/aromatic N) is 2. The number of hydrogen-bond acceptors (Lipinski definition) is 3. The van der Waals surface area contributed by atoms with Crippen LogP contribution in [0.5, 0.6) is 0 Å². The number of hydrogen-bond donors (Lipinski definition) is 1. The lowest BCUT2D eigenvalue weighted by Crippen LogP contribution is -2.38. The van der Waals surface area contributed by atoms with E-state index in [4.69, 9.17) is 0 Å². The Morgan fingerprint density at radius 3 is 2.65 bits per heavy atom. The van der Waals surface area contributed by atoms with Gasteiger partial charge in [-0.3, -0.25) is 4.98 Å². The molecule has 2 heterocycles. The first kappa shape index (κ1) is 13.5. The smallest absolute Gasteiger partial charge is 0.251 e. The van der Waals surface area contributed by atoms with Crippen LogP contribution in [-0.4, -0.2) is 30.8 Å². The number of nitrogens with one attached hydrogen (secondary N) is 1. The fourth-order valence-corrected chi connectivity index (χ4v) is 3.64. The summed E-state index contributed by atoms with van der Waals surface area (Å²) in [4.78, 5) is 4.46. The predicted molar refractivity (Wildman–Crippen MR) is 78.3 cm³/mol. The molecule has 20 heavy (non-hydrogen) atoms. The Morgan fingerprint density at radius 2 is 1.85 bits per heavy atom. The minimum absolute atomic E-state index is 0.226. The molecular weight excluding hydrogens is 274 g/mol. The average Bonchev–Trinajstić information content (AvgIpc) is 3.00. The quantitative estimate of drug-likeness (QED) is 0.932. The maximum atomic E-state index is 12.1. The first-order valence-corrected chi connectivity index (χ1v) is 8.18. The van der Waals surface area contributed by atoms with E-state index in [1.807, 2.05) is 36.4 Å². The molecule has 1 N–H and O–H groups in total. The Balaban J connectivity index is 1.73. The van der Waals surface area contributed by atoms with Crippen molar-refractivity contribution in [2.75, 3.05) is 13.1 Å². The van der Waals surface area contributed by atoms with Gasteiger partial charge in [0.15, 0.2) is 0 Å². The van der Waals surface area contributed by atoms with Gasteiger partial charge in [0, 0.05) is 18.5 Å². The van der Waals surface area contributed by atoms with Gasteiger partial charge in [-0.05, 0) is 25.0 Å². The number of benzene rings is 1. The third-order valence-corrected chi connectivity index (χ3v) is 5.05. The van der Waals surface area contributed by atoms with Crippen molar-refractivity contribution in [1.82, 2.24) is 14.0 Å². The summed E-state index contributed by atoms with van der Waals surface area (Å²) in [6.07, 6.45) is 1.88. The van der Waals surface area contributed by atoms with E-state index in [0.717, 1.165) is 29.4 Å². The third kappa shape index (κ3) is 2.82. The van der Waals surface area contributed by atoms with Crippen molar-refractivity contribution in [3.8, 4) is 0 Å². The monoisotopic (exact) mass is 291 g/mol. The van der Waals surface area contributed by atoms with E-state index in [1.165, 1.54) is 4.31 Å². The van der Waals surface area contributed by atoms with Crippen LogP contribution in [0.4, 0.5) is 0 Å². The molecule has 6 heteroatoms. The van der Waals surface area contributed by atoms with Gasteiger partial charge in [0.1, 0.15) is 0 Å². The molecule has 0 atom stereocenters. The van der Waals surface area contributed by atoms with Gasteiger partial charge in [0.05, 0.1) is 17.8 Å². The van der Waals surface area contributed by atoms with Gasteiger partial charge in [-0.15, -0.1) is 0 Å². The highest BCUT2D eigenvalue weighted by molar-refractivity contribution is 7.87. The summed E-state index contributed by atoms with van der Waals surface area (Å²) in [5.41, 5.74) is 1.61. The van der Waals surface area contributed by atoms with Crippen LogP contribution in [-0.2, 0) is 16.8 Å². The van der Waals surface area contributed by atoms with Crippen molar-refractivity contribution in [3.05, 3.63) is 42.1 Å². The van der Waals surface area contributed by atoms with Crippen molar-refractivity contribution in [3.63, 3.8) is 0 Å². The zero-order valence-corrected chi connectivity index (χ0v) is 11.9. The average molecular weight is 291 g/mol. The number of pyridine rings is 1. The Hall–Kier alpha value is -1.50. The van der Waals surface area contributed by atoms with E-state index in [2.05, 4.69) is 9.71 Å². The molecule has 1 aromatic carbocycles. The minimum Gasteiger partial charge on any atom is -0.251 e. The van der Waals surface area contributed by atoms with Crippen LogP contribution in [0.25, 0.3) is 10.9 Å². The second kappa shape index (κ2) is 5.47.